The Kier molecular flexibility index (Phi) is 3.11. The molecular formula is C31H18N4. The van der Waals surface area contributed by atoms with E-state index in [4.69, 9.17) is 9.97 Å². The number of imidazole rings is 1. The van der Waals surface area contributed by atoms with Crippen molar-refractivity contribution in [3.8, 4) is 22.3 Å². The number of benzene rings is 3. The lowest BCUT2D eigenvalue weighted by Crippen LogP contribution is -1.94. The first-order valence-corrected chi connectivity index (χ1v) is 12.0. The van der Waals surface area contributed by atoms with Gasteiger partial charge in [-0.05, 0) is 99.8 Å². The van der Waals surface area contributed by atoms with Crippen LogP contribution in [0.1, 0.15) is 22.3 Å². The van der Waals surface area contributed by atoms with Crippen molar-refractivity contribution in [2.45, 2.75) is 12.8 Å². The Morgan fingerprint density at radius 1 is 0.629 bits per heavy atom. The van der Waals surface area contributed by atoms with Crippen molar-refractivity contribution in [2.75, 3.05) is 0 Å². The van der Waals surface area contributed by atoms with Gasteiger partial charge < -0.3 is 0 Å². The molecule has 9 rings (SSSR count). The molecule has 0 atom stereocenters. The van der Waals surface area contributed by atoms with E-state index >= 15 is 0 Å². The molecule has 2 aliphatic rings. The average molecular weight is 447 g/mol. The van der Waals surface area contributed by atoms with Crippen LogP contribution in [0.3, 0.4) is 0 Å². The van der Waals surface area contributed by atoms with E-state index < -0.39 is 0 Å². The van der Waals surface area contributed by atoms with Gasteiger partial charge in [-0.25, -0.2) is 4.98 Å². The molecular weight excluding hydrogens is 428 g/mol. The number of rotatable bonds is 0. The van der Waals surface area contributed by atoms with E-state index in [1.165, 1.54) is 49.9 Å². The maximum atomic E-state index is 5.03. The SMILES string of the molecule is c1ccc2c(c1)Cc1cc3c(cc1-2)Cc1cc2c(cc1-3)c1nc3cnccc3n1c1cccnc21. The Labute approximate surface area is 200 Å². The highest BCUT2D eigenvalue weighted by atomic mass is 15.0. The van der Waals surface area contributed by atoms with E-state index in [-0.39, 0.29) is 0 Å². The number of aromatic nitrogens is 4. The molecule has 0 amide bonds. The zero-order chi connectivity index (χ0) is 22.7. The fraction of sp³-hybridized carbons (Fsp3) is 0.0645. The standard InChI is InChI=1S/C31H18N4/c1-2-5-21-17(4-1)10-18-13-23-19(12-22(18)21)11-20-14-25-26(15-24(20)23)31-34-27-16-32-9-7-28(27)35(31)29-6-3-8-33-30(25)29/h1-9,12-16H,10-11H2. The van der Waals surface area contributed by atoms with E-state index in [0.29, 0.717) is 0 Å². The van der Waals surface area contributed by atoms with Crippen LogP contribution in [0.5, 0.6) is 0 Å². The van der Waals surface area contributed by atoms with Crippen LogP contribution < -0.4 is 0 Å². The monoisotopic (exact) mass is 446 g/mol. The fourth-order valence-electron chi connectivity index (χ4n) is 6.39. The summed E-state index contributed by atoms with van der Waals surface area (Å²) in [6.07, 6.45) is 7.54. The first kappa shape index (κ1) is 17.8. The molecule has 162 valence electrons. The summed E-state index contributed by atoms with van der Waals surface area (Å²) in [5.74, 6) is 0. The van der Waals surface area contributed by atoms with Gasteiger partial charge in [0.25, 0.3) is 0 Å². The second-order valence-corrected chi connectivity index (χ2v) is 9.74. The predicted octanol–water partition coefficient (Wildman–Crippen LogP) is 6.73. The third-order valence-corrected chi connectivity index (χ3v) is 7.91. The predicted molar refractivity (Wildman–Crippen MR) is 140 cm³/mol. The molecule has 0 saturated heterocycles. The molecule has 4 heteroatoms. The van der Waals surface area contributed by atoms with Crippen LogP contribution in [0.25, 0.3) is 60.7 Å². The molecule has 4 aromatic heterocycles. The zero-order valence-electron chi connectivity index (χ0n) is 18.8. The highest BCUT2D eigenvalue weighted by molar-refractivity contribution is 6.14. The summed E-state index contributed by atoms with van der Waals surface area (Å²) < 4.78 is 2.24. The Balaban J connectivity index is 1.37. The summed E-state index contributed by atoms with van der Waals surface area (Å²) >= 11 is 0. The fourth-order valence-corrected chi connectivity index (χ4v) is 6.39. The van der Waals surface area contributed by atoms with Crippen LogP contribution in [0, 0.1) is 0 Å². The van der Waals surface area contributed by atoms with Gasteiger partial charge >= 0.3 is 0 Å². The lowest BCUT2D eigenvalue weighted by Gasteiger charge is -2.11. The molecule has 35 heavy (non-hydrogen) atoms. The summed E-state index contributed by atoms with van der Waals surface area (Å²) in [5, 5.41) is 2.31. The van der Waals surface area contributed by atoms with Crippen molar-refractivity contribution < 1.29 is 0 Å². The third kappa shape index (κ3) is 2.20. The van der Waals surface area contributed by atoms with Crippen LogP contribution in [0.4, 0.5) is 0 Å². The molecule has 0 saturated carbocycles. The minimum atomic E-state index is 0.904. The molecule has 4 heterocycles. The molecule has 3 aromatic carbocycles. The Hall–Kier alpha value is -4.57. The van der Waals surface area contributed by atoms with Crippen molar-refractivity contribution in [1.82, 2.24) is 19.4 Å². The van der Waals surface area contributed by atoms with Crippen molar-refractivity contribution in [3.05, 3.63) is 108 Å². The van der Waals surface area contributed by atoms with Crippen molar-refractivity contribution in [1.29, 1.82) is 0 Å². The highest BCUT2D eigenvalue weighted by Crippen LogP contribution is 2.46. The second kappa shape index (κ2) is 6.10. The van der Waals surface area contributed by atoms with Crippen LogP contribution in [0.2, 0.25) is 0 Å². The maximum Gasteiger partial charge on any atom is 0.146 e. The summed E-state index contributed by atoms with van der Waals surface area (Å²) in [5.41, 5.74) is 16.2. The first-order chi connectivity index (χ1) is 17.3. The number of pyridine rings is 3. The molecule has 0 bridgehead atoms. The van der Waals surface area contributed by atoms with Crippen molar-refractivity contribution in [3.63, 3.8) is 0 Å². The van der Waals surface area contributed by atoms with E-state index in [1.807, 2.05) is 30.7 Å². The lowest BCUT2D eigenvalue weighted by molar-refractivity contribution is 1.24. The van der Waals surface area contributed by atoms with Gasteiger partial charge in [-0.15, -0.1) is 0 Å². The smallest absolute Gasteiger partial charge is 0.146 e. The second-order valence-electron chi connectivity index (χ2n) is 9.74. The maximum absolute atomic E-state index is 5.03. The molecule has 0 fully saturated rings. The normalized spacial score (nSPS) is 13.5. The summed E-state index contributed by atoms with van der Waals surface area (Å²) in [6, 6.07) is 24.6. The molecule has 2 aliphatic carbocycles. The molecule has 4 nitrogen and oxygen atoms in total. The van der Waals surface area contributed by atoms with Gasteiger partial charge in [0, 0.05) is 23.2 Å². The van der Waals surface area contributed by atoms with Crippen LogP contribution in [0.15, 0.2) is 85.3 Å². The van der Waals surface area contributed by atoms with Gasteiger partial charge in [-0.3, -0.25) is 14.4 Å². The molecule has 0 radical (unpaired) electrons. The lowest BCUT2D eigenvalue weighted by atomic mass is 9.97. The van der Waals surface area contributed by atoms with Gasteiger partial charge in [0.1, 0.15) is 11.2 Å². The van der Waals surface area contributed by atoms with Crippen LogP contribution in [-0.2, 0) is 12.8 Å². The summed E-state index contributed by atoms with van der Waals surface area (Å²) in [6.45, 7) is 0. The quantitative estimate of drug-likeness (QED) is 0.243. The molecule has 7 aromatic rings. The van der Waals surface area contributed by atoms with Gasteiger partial charge in [-0.2, -0.15) is 0 Å². The van der Waals surface area contributed by atoms with Gasteiger partial charge in [0.05, 0.1) is 22.7 Å². The number of hydrogen-bond acceptors (Lipinski definition) is 3. The summed E-state index contributed by atoms with van der Waals surface area (Å²) in [4.78, 5) is 14.2. The van der Waals surface area contributed by atoms with Crippen molar-refractivity contribution >= 4 is 38.5 Å². The largest absolute Gasteiger partial charge is 0.290 e. The van der Waals surface area contributed by atoms with Gasteiger partial charge in [0.15, 0.2) is 0 Å². The molecule has 0 spiro atoms. The van der Waals surface area contributed by atoms with Crippen molar-refractivity contribution in [2.24, 2.45) is 0 Å². The van der Waals surface area contributed by atoms with Gasteiger partial charge in [0.2, 0.25) is 0 Å². The Morgan fingerprint density at radius 2 is 1.43 bits per heavy atom. The molecule has 0 aliphatic heterocycles. The number of fused-ring (bicyclic) bond motifs is 14. The summed E-state index contributed by atoms with van der Waals surface area (Å²) in [7, 11) is 0. The van der Waals surface area contributed by atoms with E-state index in [2.05, 4.69) is 64.0 Å². The average Bonchev–Trinajstić information content (AvgIpc) is 3.57. The number of nitrogens with zero attached hydrogens (tertiary/aromatic N) is 4. The van der Waals surface area contributed by atoms with Crippen LogP contribution in [-0.4, -0.2) is 19.4 Å². The highest BCUT2D eigenvalue weighted by Gasteiger charge is 2.26. The van der Waals surface area contributed by atoms with Gasteiger partial charge in [-0.1, -0.05) is 24.3 Å². The molecule has 0 N–H and O–H groups in total. The topological polar surface area (TPSA) is 43.1 Å². The Morgan fingerprint density at radius 3 is 2.37 bits per heavy atom. The Bertz CT molecular complexity index is 2070. The molecule has 0 unspecified atom stereocenters. The first-order valence-electron chi connectivity index (χ1n) is 12.0. The third-order valence-electron chi connectivity index (χ3n) is 7.91. The van der Waals surface area contributed by atoms with Crippen LogP contribution >= 0.6 is 0 Å². The van der Waals surface area contributed by atoms with E-state index in [9.17, 15) is 0 Å². The minimum absolute atomic E-state index is 0.904. The minimum Gasteiger partial charge on any atom is -0.290 e. The zero-order valence-corrected chi connectivity index (χ0v) is 18.8. The van der Waals surface area contributed by atoms with E-state index in [1.54, 1.807) is 0 Å². The number of hydrogen-bond donors (Lipinski definition) is 0. The van der Waals surface area contributed by atoms with E-state index in [0.717, 1.165) is 45.9 Å².